The lowest BCUT2D eigenvalue weighted by Gasteiger charge is -2.24. The standard InChI is InChI=1S/C56H43BN2O3/c1-55(2,3)30-15-18-32(19-16-30)58-42-27-40-38-25-31(56(4,5)6)17-23-47(38)62-49(40)28-37(42)34-20-21-36-51-43(22-24-48-52(51)35-12-8-10-14-46(35)60-48)59-44-29-50-39(26-41(44)57-53(34)54(36)59)33-11-7-9-13-45(33)61-50/h7-29,57-58H,1-6H3. The van der Waals surface area contributed by atoms with E-state index in [1.165, 1.54) is 43.9 Å². The molecule has 5 nitrogen and oxygen atoms in total. The van der Waals surface area contributed by atoms with Crippen LogP contribution in [-0.4, -0.2) is 11.8 Å². The summed E-state index contributed by atoms with van der Waals surface area (Å²) in [6.07, 6.45) is 0. The molecule has 0 saturated carbocycles. The van der Waals surface area contributed by atoms with Gasteiger partial charge in [-0.05, 0) is 93.6 Å². The van der Waals surface area contributed by atoms with Crippen LogP contribution in [0.25, 0.3) is 104 Å². The molecule has 0 spiro atoms. The minimum Gasteiger partial charge on any atom is -0.456 e. The number of anilines is 2. The number of hydrogen-bond donors (Lipinski definition) is 1. The van der Waals surface area contributed by atoms with Crippen LogP contribution in [0.1, 0.15) is 52.7 Å². The number of para-hydroxylation sites is 2. The zero-order chi connectivity index (χ0) is 41.8. The van der Waals surface area contributed by atoms with Crippen molar-refractivity contribution in [2.75, 3.05) is 5.32 Å². The van der Waals surface area contributed by atoms with Crippen LogP contribution in [0, 0.1) is 0 Å². The minimum absolute atomic E-state index is 0.00305. The molecule has 1 aliphatic heterocycles. The molecule has 298 valence electrons. The summed E-state index contributed by atoms with van der Waals surface area (Å²) in [4.78, 5) is 0. The Hall–Kier alpha value is -7.18. The van der Waals surface area contributed by atoms with Gasteiger partial charge < -0.3 is 23.1 Å². The van der Waals surface area contributed by atoms with E-state index in [9.17, 15) is 0 Å². The van der Waals surface area contributed by atoms with Gasteiger partial charge in [-0.1, -0.05) is 120 Å². The van der Waals surface area contributed by atoms with E-state index >= 15 is 0 Å². The van der Waals surface area contributed by atoms with Gasteiger partial charge >= 0.3 is 0 Å². The third kappa shape index (κ3) is 5.04. The second-order valence-corrected chi connectivity index (χ2v) is 19.4. The highest BCUT2D eigenvalue weighted by molar-refractivity contribution is 6.74. The summed E-state index contributed by atoms with van der Waals surface area (Å²) in [5.41, 5.74) is 18.4. The molecule has 0 aliphatic carbocycles. The average Bonchev–Trinajstić information content (AvgIpc) is 4.01. The summed E-state index contributed by atoms with van der Waals surface area (Å²) in [7, 11) is 0.746. The molecule has 1 aliphatic rings. The molecule has 12 aromatic rings. The van der Waals surface area contributed by atoms with Crippen molar-refractivity contribution < 1.29 is 13.3 Å². The maximum Gasteiger partial charge on any atom is 0.198 e. The Labute approximate surface area is 358 Å². The van der Waals surface area contributed by atoms with E-state index in [0.717, 1.165) is 101 Å². The second kappa shape index (κ2) is 12.2. The molecule has 0 fully saturated rings. The lowest BCUT2D eigenvalue weighted by Crippen LogP contribution is -2.37. The molecule has 6 heteroatoms. The maximum absolute atomic E-state index is 6.75. The second-order valence-electron chi connectivity index (χ2n) is 19.4. The minimum atomic E-state index is 0.00305. The molecule has 1 N–H and O–H groups in total. The maximum atomic E-state index is 6.75. The van der Waals surface area contributed by atoms with Gasteiger partial charge in [0.1, 0.15) is 33.5 Å². The van der Waals surface area contributed by atoms with E-state index in [1.54, 1.807) is 0 Å². The fourth-order valence-electron chi connectivity index (χ4n) is 10.3. The van der Waals surface area contributed by atoms with Crippen LogP contribution >= 0.6 is 0 Å². The molecule has 0 atom stereocenters. The highest BCUT2D eigenvalue weighted by Gasteiger charge is 2.30. The zero-order valence-corrected chi connectivity index (χ0v) is 35.7. The van der Waals surface area contributed by atoms with Crippen molar-refractivity contribution in [2.24, 2.45) is 0 Å². The largest absolute Gasteiger partial charge is 0.456 e. The third-order valence-corrected chi connectivity index (χ3v) is 13.5. The Bertz CT molecular complexity index is 3880. The predicted octanol–water partition coefficient (Wildman–Crippen LogP) is 14.2. The molecule has 0 radical (unpaired) electrons. The summed E-state index contributed by atoms with van der Waals surface area (Å²) >= 11 is 0. The van der Waals surface area contributed by atoms with Crippen molar-refractivity contribution >= 4 is 117 Å². The number of nitrogens with one attached hydrogen (secondary N) is 1. The molecule has 0 unspecified atom stereocenters. The first-order chi connectivity index (χ1) is 30.0. The van der Waals surface area contributed by atoms with Crippen LogP contribution < -0.4 is 16.2 Å². The molecule has 0 bridgehead atoms. The predicted molar refractivity (Wildman–Crippen MR) is 262 cm³/mol. The number of furan rings is 3. The summed E-state index contributed by atoms with van der Waals surface area (Å²) < 4.78 is 22.3. The fraction of sp³-hybridized carbons (Fsp3) is 0.143. The van der Waals surface area contributed by atoms with Crippen LogP contribution in [-0.2, 0) is 10.8 Å². The summed E-state index contributed by atoms with van der Waals surface area (Å²) in [5, 5.41) is 13.1. The highest BCUT2D eigenvalue weighted by atomic mass is 16.3. The van der Waals surface area contributed by atoms with Gasteiger partial charge in [0.15, 0.2) is 7.28 Å². The van der Waals surface area contributed by atoms with Gasteiger partial charge in [0, 0.05) is 77.3 Å². The Kier molecular flexibility index (Phi) is 7.02. The Balaban J connectivity index is 1.12. The lowest BCUT2D eigenvalue weighted by atomic mass is 9.59. The zero-order valence-electron chi connectivity index (χ0n) is 35.7. The highest BCUT2D eigenvalue weighted by Crippen LogP contribution is 2.45. The van der Waals surface area contributed by atoms with Crippen molar-refractivity contribution in [3.05, 3.63) is 151 Å². The number of rotatable bonds is 3. The molecule has 8 aromatic carbocycles. The van der Waals surface area contributed by atoms with E-state index in [2.05, 4.69) is 179 Å². The molecular weight excluding hydrogens is 759 g/mol. The Morgan fingerprint density at radius 1 is 0.468 bits per heavy atom. The van der Waals surface area contributed by atoms with E-state index in [4.69, 9.17) is 13.3 Å². The number of fused-ring (bicyclic) bond motifs is 15. The van der Waals surface area contributed by atoms with Crippen LogP contribution in [0.3, 0.4) is 0 Å². The number of nitrogens with zero attached hydrogens (tertiary/aromatic N) is 1. The fourth-order valence-corrected chi connectivity index (χ4v) is 10.3. The summed E-state index contributed by atoms with van der Waals surface area (Å²) in [5.74, 6) is 0. The van der Waals surface area contributed by atoms with Gasteiger partial charge in [0.2, 0.25) is 0 Å². The van der Waals surface area contributed by atoms with Gasteiger partial charge in [-0.25, -0.2) is 0 Å². The molecule has 13 rings (SSSR count). The quantitative estimate of drug-likeness (QED) is 0.181. The molecule has 4 aromatic heterocycles. The van der Waals surface area contributed by atoms with Gasteiger partial charge in [-0.15, -0.1) is 0 Å². The van der Waals surface area contributed by atoms with Crippen LogP contribution in [0.4, 0.5) is 11.4 Å². The van der Waals surface area contributed by atoms with E-state index in [1.807, 2.05) is 12.1 Å². The first-order valence-electron chi connectivity index (χ1n) is 21.7. The van der Waals surface area contributed by atoms with E-state index < -0.39 is 0 Å². The van der Waals surface area contributed by atoms with Crippen molar-refractivity contribution in [1.29, 1.82) is 0 Å². The number of hydrogen-bond acceptors (Lipinski definition) is 4. The van der Waals surface area contributed by atoms with Crippen LogP contribution in [0.2, 0.25) is 0 Å². The van der Waals surface area contributed by atoms with Gasteiger partial charge in [0.05, 0.1) is 5.52 Å². The number of aromatic nitrogens is 1. The topological polar surface area (TPSA) is 56.4 Å². The Morgan fingerprint density at radius 3 is 1.87 bits per heavy atom. The molecule has 5 heterocycles. The first-order valence-corrected chi connectivity index (χ1v) is 21.7. The first kappa shape index (κ1) is 35.6. The van der Waals surface area contributed by atoms with E-state index in [0.29, 0.717) is 0 Å². The molecule has 62 heavy (non-hydrogen) atoms. The van der Waals surface area contributed by atoms with Crippen molar-refractivity contribution in [2.45, 2.75) is 52.4 Å². The van der Waals surface area contributed by atoms with Crippen molar-refractivity contribution in [1.82, 2.24) is 4.57 Å². The molecule has 0 amide bonds. The lowest BCUT2D eigenvalue weighted by molar-refractivity contribution is 0.590. The summed E-state index contributed by atoms with van der Waals surface area (Å²) in [6.45, 7) is 13.6. The van der Waals surface area contributed by atoms with Crippen LogP contribution in [0.5, 0.6) is 0 Å². The van der Waals surface area contributed by atoms with Gasteiger partial charge in [0.25, 0.3) is 0 Å². The van der Waals surface area contributed by atoms with Crippen LogP contribution in [0.15, 0.2) is 153 Å². The van der Waals surface area contributed by atoms with Crippen molar-refractivity contribution in [3.63, 3.8) is 0 Å². The third-order valence-electron chi connectivity index (χ3n) is 13.5. The van der Waals surface area contributed by atoms with Crippen molar-refractivity contribution in [3.8, 4) is 16.8 Å². The normalized spacial score (nSPS) is 13.1. The SMILES string of the molecule is CC(C)(C)c1ccc(Nc2cc3c(cc2-c2ccc4c5c6c(ccc5n5c4c2Bc2cc4c(cc2-5)oc2ccccc24)oc2ccccc26)oc2ccc(C(C)(C)C)cc23)cc1. The number of benzene rings is 8. The van der Waals surface area contributed by atoms with Gasteiger partial charge in [-0.3, -0.25) is 0 Å². The Morgan fingerprint density at radius 2 is 1.10 bits per heavy atom. The molecule has 0 saturated heterocycles. The van der Waals surface area contributed by atoms with Gasteiger partial charge in [-0.2, -0.15) is 0 Å². The van der Waals surface area contributed by atoms with E-state index in [-0.39, 0.29) is 10.8 Å². The smallest absolute Gasteiger partial charge is 0.198 e. The monoisotopic (exact) mass is 802 g/mol. The summed E-state index contributed by atoms with van der Waals surface area (Å²) in [6, 6.07) is 50.6. The molecular formula is C56H43BN2O3. The average molecular weight is 803 g/mol.